The Morgan fingerprint density at radius 1 is 1.00 bits per heavy atom. The number of furan rings is 1. The van der Waals surface area contributed by atoms with Gasteiger partial charge in [0.25, 0.3) is 5.91 Å². The lowest BCUT2D eigenvalue weighted by Gasteiger charge is -2.40. The molecule has 4 atom stereocenters. The molecule has 1 aromatic heterocycles. The van der Waals surface area contributed by atoms with Gasteiger partial charge in [0.2, 0.25) is 17.6 Å². The van der Waals surface area contributed by atoms with Crippen LogP contribution in [-0.2, 0) is 34.8 Å². The number of sulfone groups is 1. The normalized spacial score (nSPS) is 22.5. The largest absolute Gasteiger partial charge is 0.468 e. The zero-order valence-corrected chi connectivity index (χ0v) is 30.6. The van der Waals surface area contributed by atoms with Gasteiger partial charge in [0.15, 0.2) is 9.84 Å². The van der Waals surface area contributed by atoms with Crippen molar-refractivity contribution in [3.63, 3.8) is 0 Å². The maximum Gasteiger partial charge on any atom is 0.315 e. The standard InChI is InChI=1S/C35H55N5O8S/c1-33(2,3)24-14-17-40(26(24)30(43)37-25(19-22-12-13-22)27(41)29(36)42)31(44)28(34(4,5)6)38-32(45)39-35(15-8-7-9-16-35)21-49(46,47)20-23-11-10-18-48-23/h10-11,18,22,24-26,28H,7-9,12-17,19-21H2,1-6H3,(H2,36,42)(H,37,43)(H2,38,39,45)/t24?,25?,26-,28+/m0/s1. The van der Waals surface area contributed by atoms with Crippen molar-refractivity contribution in [3.05, 3.63) is 24.2 Å². The Kier molecular flexibility index (Phi) is 11.6. The maximum atomic E-state index is 14.5. The van der Waals surface area contributed by atoms with E-state index in [9.17, 15) is 32.4 Å². The van der Waals surface area contributed by atoms with Gasteiger partial charge in [-0.25, -0.2) is 13.2 Å². The number of hydrogen-bond donors (Lipinski definition) is 4. The monoisotopic (exact) mass is 705 g/mol. The van der Waals surface area contributed by atoms with E-state index in [2.05, 4.69) is 16.0 Å². The molecule has 49 heavy (non-hydrogen) atoms. The number of likely N-dealkylation sites (tertiary alicyclic amines) is 1. The minimum atomic E-state index is -3.67. The summed E-state index contributed by atoms with van der Waals surface area (Å²) in [5.74, 6) is -3.27. The second-order valence-corrected chi connectivity index (χ2v) is 18.6. The SMILES string of the molecule is CC(C)(C)C1CCN(C(=O)[C@@H](NC(=O)NC2(CS(=O)(=O)Cc3ccco3)CCCCC2)C(C)(C)C)[C@@H]1C(=O)NC(CC1CC1)C(=O)C(N)=O. The third-order valence-corrected chi connectivity index (χ3v) is 11.9. The molecule has 3 aliphatic rings. The molecule has 2 saturated carbocycles. The van der Waals surface area contributed by atoms with Gasteiger partial charge >= 0.3 is 6.03 Å². The van der Waals surface area contributed by atoms with E-state index in [4.69, 9.17) is 10.2 Å². The molecule has 5 N–H and O–H groups in total. The molecule has 2 aliphatic carbocycles. The number of nitrogens with one attached hydrogen (secondary N) is 3. The zero-order valence-electron chi connectivity index (χ0n) is 29.8. The van der Waals surface area contributed by atoms with Crippen molar-refractivity contribution >= 4 is 39.4 Å². The molecule has 1 saturated heterocycles. The van der Waals surface area contributed by atoms with Crippen molar-refractivity contribution in [3.8, 4) is 0 Å². The van der Waals surface area contributed by atoms with E-state index in [0.717, 1.165) is 32.1 Å². The Hall–Kier alpha value is -3.42. The Labute approximate surface area is 290 Å². The summed E-state index contributed by atoms with van der Waals surface area (Å²) in [5.41, 5.74) is 3.11. The first kappa shape index (κ1) is 38.4. The molecule has 4 rings (SSSR count). The van der Waals surface area contributed by atoms with Gasteiger partial charge < -0.3 is 31.0 Å². The molecule has 14 heteroatoms. The predicted octanol–water partition coefficient (Wildman–Crippen LogP) is 3.21. The van der Waals surface area contributed by atoms with Crippen molar-refractivity contribution in [1.29, 1.82) is 0 Å². The van der Waals surface area contributed by atoms with E-state index in [0.29, 0.717) is 31.4 Å². The molecule has 1 aromatic rings. The van der Waals surface area contributed by atoms with Crippen molar-refractivity contribution in [2.24, 2.45) is 28.4 Å². The topological polar surface area (TPSA) is 198 Å². The van der Waals surface area contributed by atoms with Crippen molar-refractivity contribution in [1.82, 2.24) is 20.9 Å². The van der Waals surface area contributed by atoms with Crippen LogP contribution < -0.4 is 21.7 Å². The summed E-state index contributed by atoms with van der Waals surface area (Å²) in [6.45, 7) is 11.6. The molecule has 13 nitrogen and oxygen atoms in total. The fraction of sp³-hybridized carbons (Fsp3) is 0.743. The van der Waals surface area contributed by atoms with Crippen molar-refractivity contribution < 1.29 is 36.8 Å². The van der Waals surface area contributed by atoms with E-state index in [-0.39, 0.29) is 29.9 Å². The molecular formula is C35H55N5O8S. The number of hydrogen-bond acceptors (Lipinski definition) is 8. The van der Waals surface area contributed by atoms with Crippen LogP contribution >= 0.6 is 0 Å². The Balaban J connectivity index is 1.55. The fourth-order valence-electron chi connectivity index (χ4n) is 7.46. The third-order valence-electron chi connectivity index (χ3n) is 10.2. The number of amides is 5. The summed E-state index contributed by atoms with van der Waals surface area (Å²) in [7, 11) is -3.67. The van der Waals surface area contributed by atoms with E-state index in [1.165, 1.54) is 11.2 Å². The molecule has 3 fully saturated rings. The molecule has 2 heterocycles. The third kappa shape index (κ3) is 10.1. The Morgan fingerprint density at radius 2 is 1.65 bits per heavy atom. The molecule has 5 amide bonds. The first-order valence-corrected chi connectivity index (χ1v) is 19.3. The summed E-state index contributed by atoms with van der Waals surface area (Å²) < 4.78 is 31.8. The fourth-order valence-corrected chi connectivity index (χ4v) is 9.36. The van der Waals surface area contributed by atoms with Crippen LogP contribution in [0.4, 0.5) is 4.79 Å². The number of Topliss-reactive ketones (excluding diaryl/α,β-unsaturated/α-hetero) is 1. The van der Waals surface area contributed by atoms with Crippen LogP contribution in [0.5, 0.6) is 0 Å². The van der Waals surface area contributed by atoms with Crippen LogP contribution in [0.25, 0.3) is 0 Å². The van der Waals surface area contributed by atoms with Gasteiger partial charge in [-0.05, 0) is 60.5 Å². The molecule has 0 spiro atoms. The Morgan fingerprint density at radius 3 is 2.18 bits per heavy atom. The summed E-state index contributed by atoms with van der Waals surface area (Å²) in [5, 5.41) is 8.59. The van der Waals surface area contributed by atoms with E-state index in [1.54, 1.807) is 12.1 Å². The zero-order chi connectivity index (χ0) is 36.4. The lowest BCUT2D eigenvalue weighted by molar-refractivity contribution is -0.145. The second kappa shape index (κ2) is 14.8. The highest BCUT2D eigenvalue weighted by Crippen LogP contribution is 2.40. The van der Waals surface area contributed by atoms with Gasteiger partial charge in [-0.2, -0.15) is 0 Å². The number of nitrogens with two attached hydrogens (primary N) is 1. The molecule has 0 aromatic carbocycles. The van der Waals surface area contributed by atoms with Crippen LogP contribution in [0, 0.1) is 22.7 Å². The minimum Gasteiger partial charge on any atom is -0.468 e. The van der Waals surface area contributed by atoms with Crippen LogP contribution in [0.2, 0.25) is 0 Å². The van der Waals surface area contributed by atoms with Crippen molar-refractivity contribution in [2.45, 2.75) is 129 Å². The molecule has 274 valence electrons. The second-order valence-electron chi connectivity index (χ2n) is 16.6. The molecule has 0 radical (unpaired) electrons. The summed E-state index contributed by atoms with van der Waals surface area (Å²) >= 11 is 0. The van der Waals surface area contributed by atoms with E-state index >= 15 is 0 Å². The number of nitrogens with zero attached hydrogens (tertiary/aromatic N) is 1. The van der Waals surface area contributed by atoms with Crippen LogP contribution in [0.15, 0.2) is 22.8 Å². The molecule has 0 bridgehead atoms. The predicted molar refractivity (Wildman–Crippen MR) is 183 cm³/mol. The van der Waals surface area contributed by atoms with Gasteiger partial charge in [-0.3, -0.25) is 19.2 Å². The number of rotatable bonds is 13. The average molecular weight is 706 g/mol. The number of carbonyl (C=O) groups is 5. The first-order valence-electron chi connectivity index (χ1n) is 17.5. The van der Waals surface area contributed by atoms with Gasteiger partial charge in [0.05, 0.1) is 23.6 Å². The van der Waals surface area contributed by atoms with Crippen LogP contribution in [-0.4, -0.2) is 78.8 Å². The number of ketones is 1. The highest BCUT2D eigenvalue weighted by Gasteiger charge is 2.50. The van der Waals surface area contributed by atoms with E-state index < -0.39 is 73.9 Å². The molecule has 2 unspecified atom stereocenters. The van der Waals surface area contributed by atoms with Crippen LogP contribution in [0.3, 0.4) is 0 Å². The molecule has 1 aliphatic heterocycles. The highest BCUT2D eigenvalue weighted by atomic mass is 32.2. The maximum absolute atomic E-state index is 14.5. The smallest absolute Gasteiger partial charge is 0.315 e. The average Bonchev–Trinajstić information content (AvgIpc) is 3.43. The van der Waals surface area contributed by atoms with Gasteiger partial charge in [-0.15, -0.1) is 0 Å². The van der Waals surface area contributed by atoms with Gasteiger partial charge in [0, 0.05) is 6.54 Å². The number of carbonyl (C=O) groups excluding carboxylic acids is 5. The van der Waals surface area contributed by atoms with E-state index in [1.807, 2.05) is 41.5 Å². The van der Waals surface area contributed by atoms with Crippen molar-refractivity contribution in [2.75, 3.05) is 12.3 Å². The van der Waals surface area contributed by atoms with Gasteiger partial charge in [-0.1, -0.05) is 73.6 Å². The van der Waals surface area contributed by atoms with Crippen LogP contribution in [0.1, 0.15) is 105 Å². The highest BCUT2D eigenvalue weighted by molar-refractivity contribution is 7.90. The summed E-state index contributed by atoms with van der Waals surface area (Å²) in [4.78, 5) is 68.3. The van der Waals surface area contributed by atoms with Gasteiger partial charge in [0.1, 0.15) is 23.6 Å². The summed E-state index contributed by atoms with van der Waals surface area (Å²) in [6, 6.07) is -0.537. The molecular weight excluding hydrogens is 650 g/mol. The minimum absolute atomic E-state index is 0.217. The number of urea groups is 1. The first-order chi connectivity index (χ1) is 22.7. The number of primary amides is 1. The summed E-state index contributed by atoms with van der Waals surface area (Å²) in [6.07, 6.45) is 7.40. The quantitative estimate of drug-likeness (QED) is 0.224. The Bertz CT molecular complexity index is 1480. The lowest BCUT2D eigenvalue weighted by Crippen LogP contribution is -2.63. The lowest BCUT2D eigenvalue weighted by atomic mass is 9.75.